The van der Waals surface area contributed by atoms with Crippen LogP contribution in [-0.2, 0) is 10.0 Å². The maximum absolute atomic E-state index is 12.7. The van der Waals surface area contributed by atoms with Crippen molar-refractivity contribution in [2.24, 2.45) is 0 Å². The van der Waals surface area contributed by atoms with Crippen LogP contribution in [0.1, 0.15) is 24.8 Å². The van der Waals surface area contributed by atoms with E-state index in [-0.39, 0.29) is 10.6 Å². The average Bonchev–Trinajstić information content (AvgIpc) is 2.63. The molecule has 0 aromatic heterocycles. The van der Waals surface area contributed by atoms with Gasteiger partial charge in [0.15, 0.2) is 0 Å². The molecule has 138 valence electrons. The summed E-state index contributed by atoms with van der Waals surface area (Å²) in [6.45, 7) is 3.28. The number of anilines is 2. The van der Waals surface area contributed by atoms with Crippen molar-refractivity contribution in [3.63, 3.8) is 0 Å². The number of hydrogen-bond donors (Lipinski definition) is 1. The van der Waals surface area contributed by atoms with Crippen molar-refractivity contribution in [3.8, 4) is 0 Å². The number of sulfonamides is 1. The van der Waals surface area contributed by atoms with Crippen LogP contribution in [0, 0.1) is 17.0 Å². The Kier molecular flexibility index (Phi) is 5.13. The molecular weight excluding hydrogens is 354 g/mol. The van der Waals surface area contributed by atoms with E-state index in [1.54, 1.807) is 25.1 Å². The van der Waals surface area contributed by atoms with Gasteiger partial charge in [0.2, 0.25) is 0 Å². The van der Waals surface area contributed by atoms with Crippen LogP contribution in [0.4, 0.5) is 17.1 Å². The minimum atomic E-state index is -3.91. The highest BCUT2D eigenvalue weighted by atomic mass is 32.2. The summed E-state index contributed by atoms with van der Waals surface area (Å²) in [6.07, 6.45) is 3.06. The third kappa shape index (κ3) is 3.80. The molecule has 3 rings (SSSR count). The molecule has 2 aromatic rings. The minimum absolute atomic E-state index is 0.117. The first-order chi connectivity index (χ1) is 12.4. The summed E-state index contributed by atoms with van der Waals surface area (Å²) >= 11 is 0. The van der Waals surface area contributed by atoms with E-state index in [4.69, 9.17) is 0 Å². The predicted octanol–water partition coefficient (Wildman–Crippen LogP) is 3.69. The first-order valence-electron chi connectivity index (χ1n) is 8.50. The first kappa shape index (κ1) is 18.2. The number of nitrogens with zero attached hydrogens (tertiary/aromatic N) is 2. The fourth-order valence-corrected chi connectivity index (χ4v) is 4.26. The molecule has 1 aliphatic rings. The van der Waals surface area contributed by atoms with E-state index in [0.29, 0.717) is 11.4 Å². The summed E-state index contributed by atoms with van der Waals surface area (Å²) in [6, 6.07) is 11.1. The van der Waals surface area contributed by atoms with Crippen molar-refractivity contribution in [3.05, 3.63) is 58.1 Å². The molecule has 0 radical (unpaired) electrons. The zero-order valence-corrected chi connectivity index (χ0v) is 15.3. The highest BCUT2D eigenvalue weighted by Gasteiger charge is 2.25. The van der Waals surface area contributed by atoms with Gasteiger partial charge in [0.1, 0.15) is 5.69 Å². The Morgan fingerprint density at radius 2 is 1.77 bits per heavy atom. The maximum atomic E-state index is 12.7. The van der Waals surface area contributed by atoms with Gasteiger partial charge in [-0.3, -0.25) is 14.8 Å². The molecule has 8 heteroatoms. The summed E-state index contributed by atoms with van der Waals surface area (Å²) < 4.78 is 27.8. The monoisotopic (exact) mass is 375 g/mol. The average molecular weight is 375 g/mol. The Labute approximate surface area is 152 Å². The van der Waals surface area contributed by atoms with E-state index in [1.165, 1.54) is 12.1 Å². The second-order valence-corrected chi connectivity index (χ2v) is 8.06. The molecule has 0 aliphatic carbocycles. The van der Waals surface area contributed by atoms with Gasteiger partial charge < -0.3 is 4.90 Å². The molecule has 1 saturated heterocycles. The normalized spacial score (nSPS) is 14.9. The Bertz CT molecular complexity index is 922. The van der Waals surface area contributed by atoms with Gasteiger partial charge >= 0.3 is 0 Å². The van der Waals surface area contributed by atoms with Gasteiger partial charge in [-0.05, 0) is 49.9 Å². The lowest BCUT2D eigenvalue weighted by Crippen LogP contribution is -2.30. The summed E-state index contributed by atoms with van der Waals surface area (Å²) in [5, 5.41) is 11.5. The number of para-hydroxylation sites is 1. The molecule has 0 amide bonds. The number of nitro groups is 1. The lowest BCUT2D eigenvalue weighted by Gasteiger charge is -2.28. The largest absolute Gasteiger partial charge is 0.366 e. The topological polar surface area (TPSA) is 92.6 Å². The van der Waals surface area contributed by atoms with E-state index >= 15 is 0 Å². The van der Waals surface area contributed by atoms with E-state index in [2.05, 4.69) is 4.72 Å². The predicted molar refractivity (Wildman–Crippen MR) is 101 cm³/mol. The molecule has 2 aromatic carbocycles. The number of nitro benzene ring substituents is 1. The molecule has 0 spiro atoms. The van der Waals surface area contributed by atoms with Crippen LogP contribution in [0.25, 0.3) is 0 Å². The van der Waals surface area contributed by atoms with Gasteiger partial charge in [-0.15, -0.1) is 0 Å². The van der Waals surface area contributed by atoms with Crippen molar-refractivity contribution in [1.82, 2.24) is 0 Å². The molecule has 1 heterocycles. The lowest BCUT2D eigenvalue weighted by atomic mass is 10.1. The number of aryl methyl sites for hydroxylation is 1. The van der Waals surface area contributed by atoms with Crippen LogP contribution in [-0.4, -0.2) is 26.4 Å². The number of benzene rings is 2. The SMILES string of the molecule is Cc1ccccc1NS(=O)(=O)c1ccc(N2CCCCC2)c([N+](=O)[O-])c1. The van der Waals surface area contributed by atoms with Crippen molar-refractivity contribution in [2.75, 3.05) is 22.7 Å². The van der Waals surface area contributed by atoms with Crippen molar-refractivity contribution in [1.29, 1.82) is 0 Å². The number of nitrogens with one attached hydrogen (secondary N) is 1. The van der Waals surface area contributed by atoms with E-state index in [0.717, 1.165) is 44.0 Å². The van der Waals surface area contributed by atoms with Crippen LogP contribution in [0.15, 0.2) is 47.4 Å². The summed E-state index contributed by atoms with van der Waals surface area (Å²) in [4.78, 5) is 12.8. The fourth-order valence-electron chi connectivity index (χ4n) is 3.11. The van der Waals surface area contributed by atoms with Gasteiger partial charge in [0.25, 0.3) is 15.7 Å². The number of piperidine rings is 1. The Hall–Kier alpha value is -2.61. The minimum Gasteiger partial charge on any atom is -0.366 e. The van der Waals surface area contributed by atoms with Crippen molar-refractivity contribution in [2.45, 2.75) is 31.1 Å². The molecule has 7 nitrogen and oxygen atoms in total. The Balaban J connectivity index is 1.96. The Morgan fingerprint density at radius 3 is 2.42 bits per heavy atom. The molecule has 0 saturated carbocycles. The highest BCUT2D eigenvalue weighted by molar-refractivity contribution is 7.92. The lowest BCUT2D eigenvalue weighted by molar-refractivity contribution is -0.384. The third-order valence-corrected chi connectivity index (χ3v) is 5.90. The van der Waals surface area contributed by atoms with Crippen LogP contribution in [0.2, 0.25) is 0 Å². The highest BCUT2D eigenvalue weighted by Crippen LogP contribution is 2.33. The van der Waals surface area contributed by atoms with Gasteiger partial charge in [-0.25, -0.2) is 8.42 Å². The van der Waals surface area contributed by atoms with E-state index in [1.807, 2.05) is 11.0 Å². The Morgan fingerprint density at radius 1 is 1.08 bits per heavy atom. The maximum Gasteiger partial charge on any atom is 0.293 e. The van der Waals surface area contributed by atoms with Gasteiger partial charge in [0, 0.05) is 19.2 Å². The van der Waals surface area contributed by atoms with Gasteiger partial charge in [0.05, 0.1) is 15.5 Å². The fraction of sp³-hybridized carbons (Fsp3) is 0.333. The van der Waals surface area contributed by atoms with Crippen LogP contribution < -0.4 is 9.62 Å². The summed E-state index contributed by atoms with van der Waals surface area (Å²) in [7, 11) is -3.91. The molecule has 26 heavy (non-hydrogen) atoms. The van der Waals surface area contributed by atoms with Gasteiger partial charge in [-0.2, -0.15) is 0 Å². The first-order valence-corrected chi connectivity index (χ1v) is 9.98. The molecule has 1 aliphatic heterocycles. The van der Waals surface area contributed by atoms with Gasteiger partial charge in [-0.1, -0.05) is 18.2 Å². The smallest absolute Gasteiger partial charge is 0.293 e. The van der Waals surface area contributed by atoms with E-state index in [9.17, 15) is 18.5 Å². The quantitative estimate of drug-likeness (QED) is 0.635. The molecule has 1 fully saturated rings. The van der Waals surface area contributed by atoms with Crippen molar-refractivity contribution >= 4 is 27.1 Å². The second-order valence-electron chi connectivity index (χ2n) is 6.38. The second kappa shape index (κ2) is 7.33. The zero-order chi connectivity index (χ0) is 18.7. The molecule has 1 N–H and O–H groups in total. The molecule has 0 bridgehead atoms. The standard InChI is InChI=1S/C18H21N3O4S/c1-14-7-3-4-8-16(14)19-26(24,25)15-9-10-17(18(13-15)21(22)23)20-11-5-2-6-12-20/h3-4,7-10,13,19H,2,5-6,11-12H2,1H3. The van der Waals surface area contributed by atoms with Crippen LogP contribution in [0.3, 0.4) is 0 Å². The summed E-state index contributed by atoms with van der Waals surface area (Å²) in [5.74, 6) is 0. The number of hydrogen-bond acceptors (Lipinski definition) is 5. The molecule has 0 unspecified atom stereocenters. The number of rotatable bonds is 5. The van der Waals surface area contributed by atoms with Crippen LogP contribution in [0.5, 0.6) is 0 Å². The van der Waals surface area contributed by atoms with Crippen molar-refractivity contribution < 1.29 is 13.3 Å². The molecular formula is C18H21N3O4S. The third-order valence-electron chi connectivity index (χ3n) is 4.54. The van der Waals surface area contributed by atoms with E-state index < -0.39 is 14.9 Å². The zero-order valence-electron chi connectivity index (χ0n) is 14.5. The summed E-state index contributed by atoms with van der Waals surface area (Å²) in [5.41, 5.74) is 1.52. The van der Waals surface area contributed by atoms with Crippen LogP contribution >= 0.6 is 0 Å². The molecule has 0 atom stereocenters.